The number of carboxylic acids is 1. The molecule has 2 heterocycles. The first-order chi connectivity index (χ1) is 18.5. The zero-order valence-electron chi connectivity index (χ0n) is 22.6. The predicted octanol–water partition coefficient (Wildman–Crippen LogP) is -0.139. The minimum atomic E-state index is -4.99. The van der Waals surface area contributed by atoms with E-state index in [9.17, 15) is 43.9 Å². The number of carboxylic acid groups (broad SMARTS) is 1. The second kappa shape index (κ2) is 14.1. The molecular formula is C22H26NNaO13S4. The van der Waals surface area contributed by atoms with Crippen LogP contribution in [-0.2, 0) is 35.1 Å². The van der Waals surface area contributed by atoms with Gasteiger partial charge in [-0.2, -0.15) is 25.3 Å². The van der Waals surface area contributed by atoms with Gasteiger partial charge < -0.3 is 15.9 Å². The Hall–Kier alpha value is -1.87. The molecule has 0 aliphatic rings. The van der Waals surface area contributed by atoms with E-state index in [2.05, 4.69) is 0 Å². The van der Waals surface area contributed by atoms with Crippen molar-refractivity contribution < 1.29 is 84.2 Å². The molecule has 0 radical (unpaired) electrons. The standard InChI is InChI=1S/C22H25NO13S4.Na.H/c24-19(25)5-2-1-3-8-23(9-4-10-38(27,28)29)15-7-6-14-11-16(22(26)36-17(14)12-15)21-18(39(30,31)32)13-20(37-21)40(33,34)35;;/h6-7,11-13H,1-5,8-10H2,(H,24,25)(H,27,28,29)(H,30,31,32)(H,33,34,35);;/q;+1;-1. The molecular weight excluding hydrogens is 637 g/mol. The van der Waals surface area contributed by atoms with Crippen molar-refractivity contribution in [3.63, 3.8) is 0 Å². The Labute approximate surface area is 263 Å². The third kappa shape index (κ3) is 10.1. The molecule has 3 aromatic rings. The smallest absolute Gasteiger partial charge is 1.00 e. The van der Waals surface area contributed by atoms with E-state index in [0.717, 1.165) is 0 Å². The van der Waals surface area contributed by atoms with E-state index in [0.29, 0.717) is 42.9 Å². The van der Waals surface area contributed by atoms with Crippen molar-refractivity contribution in [3.05, 3.63) is 40.8 Å². The van der Waals surface area contributed by atoms with E-state index in [1.165, 1.54) is 18.2 Å². The fraction of sp³-hybridized carbons (Fsp3) is 0.364. The molecule has 3 rings (SSSR count). The van der Waals surface area contributed by atoms with Gasteiger partial charge in [-0.3, -0.25) is 18.5 Å². The average molecular weight is 664 g/mol. The third-order valence-electron chi connectivity index (χ3n) is 5.69. The van der Waals surface area contributed by atoms with E-state index in [4.69, 9.17) is 14.1 Å². The second-order valence-electron chi connectivity index (χ2n) is 8.71. The van der Waals surface area contributed by atoms with Gasteiger partial charge in [0.05, 0.1) is 16.2 Å². The average Bonchev–Trinajstić information content (AvgIpc) is 3.28. The Bertz CT molecular complexity index is 1800. The summed E-state index contributed by atoms with van der Waals surface area (Å²) >= 11 is 0.251. The van der Waals surface area contributed by atoms with Crippen molar-refractivity contribution in [3.8, 4) is 10.4 Å². The number of thiophene rings is 1. The maximum Gasteiger partial charge on any atom is 1.00 e. The molecule has 0 unspecified atom stereocenters. The second-order valence-corrected chi connectivity index (χ2v) is 14.4. The molecule has 0 saturated carbocycles. The first-order valence-corrected chi connectivity index (χ1v) is 16.9. The molecule has 41 heavy (non-hydrogen) atoms. The first kappa shape index (κ1) is 35.3. The van der Waals surface area contributed by atoms with Crippen molar-refractivity contribution in [1.82, 2.24) is 0 Å². The summed E-state index contributed by atoms with van der Waals surface area (Å²) in [6, 6.07) is 6.36. The molecule has 0 aliphatic carbocycles. The van der Waals surface area contributed by atoms with Crippen LogP contribution in [-0.4, -0.2) is 68.8 Å². The molecule has 0 atom stereocenters. The molecule has 0 bridgehead atoms. The maximum atomic E-state index is 12.8. The number of carbonyl (C=O) groups is 1. The van der Waals surface area contributed by atoms with Crippen molar-refractivity contribution >= 4 is 64.3 Å². The number of nitrogens with zero attached hydrogens (tertiary/aromatic N) is 1. The Kier molecular flexibility index (Phi) is 12.1. The van der Waals surface area contributed by atoms with Gasteiger partial charge >= 0.3 is 51.3 Å². The molecule has 14 nitrogen and oxygen atoms in total. The largest absolute Gasteiger partial charge is 1.00 e. The molecule has 0 saturated heterocycles. The molecule has 4 N–H and O–H groups in total. The van der Waals surface area contributed by atoms with Gasteiger partial charge in [0.15, 0.2) is 0 Å². The SMILES string of the molecule is O=C(O)CCCCCN(CCCS(=O)(=O)O)c1ccc2cc(-c3sc(S(=O)(=O)O)cc3S(=O)(=O)O)c(=O)oc2c1.[H-].[Na+]. The first-order valence-electron chi connectivity index (χ1n) is 11.5. The van der Waals surface area contributed by atoms with E-state index in [1.54, 1.807) is 11.0 Å². The van der Waals surface area contributed by atoms with Gasteiger partial charge in [-0.15, -0.1) is 11.3 Å². The van der Waals surface area contributed by atoms with Crippen molar-refractivity contribution in [2.24, 2.45) is 0 Å². The van der Waals surface area contributed by atoms with Gasteiger partial charge in [-0.1, -0.05) is 6.42 Å². The van der Waals surface area contributed by atoms with E-state index in [1.807, 2.05) is 0 Å². The van der Waals surface area contributed by atoms with Gasteiger partial charge in [0.25, 0.3) is 20.2 Å². The van der Waals surface area contributed by atoms with Gasteiger partial charge in [-0.05, 0) is 43.5 Å². The van der Waals surface area contributed by atoms with Crippen LogP contribution in [0.1, 0.15) is 33.5 Å². The van der Waals surface area contributed by atoms with Crippen molar-refractivity contribution in [1.29, 1.82) is 0 Å². The molecule has 1 aromatic carbocycles. The summed E-state index contributed by atoms with van der Waals surface area (Å²) in [5.74, 6) is -1.41. The maximum absolute atomic E-state index is 12.8. The fourth-order valence-electron chi connectivity index (χ4n) is 3.88. The minimum Gasteiger partial charge on any atom is -1.00 e. The third-order valence-corrected chi connectivity index (χ3v) is 9.97. The van der Waals surface area contributed by atoms with Gasteiger partial charge in [0.1, 0.15) is 14.7 Å². The van der Waals surface area contributed by atoms with Crippen LogP contribution in [0.25, 0.3) is 21.4 Å². The topological polar surface area (TPSA) is 234 Å². The quantitative estimate of drug-likeness (QED) is 0.0761. The molecule has 2 aromatic heterocycles. The summed E-state index contributed by atoms with van der Waals surface area (Å²) < 4.78 is 102. The number of anilines is 1. The van der Waals surface area contributed by atoms with Crippen LogP contribution < -0.4 is 40.1 Å². The van der Waals surface area contributed by atoms with Crippen LogP contribution in [0.4, 0.5) is 5.69 Å². The van der Waals surface area contributed by atoms with Crippen LogP contribution >= 0.6 is 11.3 Å². The van der Waals surface area contributed by atoms with E-state index < -0.39 is 61.7 Å². The number of unbranched alkanes of at least 4 members (excludes halogenated alkanes) is 2. The number of benzene rings is 1. The van der Waals surface area contributed by atoms with E-state index >= 15 is 0 Å². The number of hydrogen-bond donors (Lipinski definition) is 4. The number of rotatable bonds is 14. The Balaban J connectivity index is 0.00000441. The molecule has 19 heteroatoms. The molecule has 222 valence electrons. The molecule has 0 fully saturated rings. The van der Waals surface area contributed by atoms with Gasteiger partial charge in [-0.25, -0.2) is 4.79 Å². The van der Waals surface area contributed by atoms with Crippen LogP contribution in [0.2, 0.25) is 0 Å². The van der Waals surface area contributed by atoms with Crippen molar-refractivity contribution in [2.75, 3.05) is 23.7 Å². The minimum absolute atomic E-state index is 0. The molecule has 0 amide bonds. The summed E-state index contributed by atoms with van der Waals surface area (Å²) in [6.45, 7) is 0.585. The van der Waals surface area contributed by atoms with Gasteiger partial charge in [0, 0.05) is 36.7 Å². The molecule has 0 aliphatic heterocycles. The zero-order valence-corrected chi connectivity index (χ0v) is 26.9. The summed E-state index contributed by atoms with van der Waals surface area (Å²) in [5, 5.41) is 9.09. The zero-order chi connectivity index (χ0) is 29.9. The number of aliphatic carboxylic acids is 1. The molecule has 0 spiro atoms. The Morgan fingerprint density at radius 1 is 0.902 bits per heavy atom. The Morgan fingerprint density at radius 3 is 2.15 bits per heavy atom. The number of fused-ring (bicyclic) bond motifs is 1. The van der Waals surface area contributed by atoms with Crippen molar-refractivity contribution in [2.45, 2.75) is 41.2 Å². The normalized spacial score (nSPS) is 12.3. The predicted molar refractivity (Wildman–Crippen MR) is 146 cm³/mol. The van der Waals surface area contributed by atoms with Crippen LogP contribution in [0.3, 0.4) is 0 Å². The monoisotopic (exact) mass is 663 g/mol. The van der Waals surface area contributed by atoms with Gasteiger partial charge in [0.2, 0.25) is 0 Å². The fourth-order valence-corrected chi connectivity index (χ4v) is 7.30. The Morgan fingerprint density at radius 2 is 1.56 bits per heavy atom. The van der Waals surface area contributed by atoms with Crippen LogP contribution in [0.15, 0.2) is 48.6 Å². The summed E-state index contributed by atoms with van der Waals surface area (Å²) in [4.78, 5) is 24.0. The van der Waals surface area contributed by atoms with Crippen LogP contribution in [0.5, 0.6) is 0 Å². The number of hydrogen-bond acceptors (Lipinski definition) is 11. The summed E-state index contributed by atoms with van der Waals surface area (Å²) in [7, 11) is -14.0. The van der Waals surface area contributed by atoms with Crippen LogP contribution in [0, 0.1) is 0 Å². The summed E-state index contributed by atoms with van der Waals surface area (Å²) in [5.41, 5.74) is -0.877. The summed E-state index contributed by atoms with van der Waals surface area (Å²) in [6.07, 6.45) is 1.66. The van der Waals surface area contributed by atoms with E-state index in [-0.39, 0.29) is 72.9 Å².